The van der Waals surface area contributed by atoms with Gasteiger partial charge in [-0.1, -0.05) is 12.1 Å². The maximum Gasteiger partial charge on any atom is 0.227 e. The van der Waals surface area contributed by atoms with Crippen LogP contribution in [0.3, 0.4) is 0 Å². The third-order valence-electron chi connectivity index (χ3n) is 4.36. The van der Waals surface area contributed by atoms with Crippen LogP contribution in [0.1, 0.15) is 46.5 Å². The van der Waals surface area contributed by atoms with E-state index in [1.54, 1.807) is 32.9 Å². The van der Waals surface area contributed by atoms with Gasteiger partial charge in [0.05, 0.1) is 10.4 Å². The number of carbonyl (C=O) groups is 1. The molecule has 0 spiro atoms. The Labute approximate surface area is 143 Å². The number of rotatable bonds is 4. The monoisotopic (exact) mass is 356 g/mol. The van der Waals surface area contributed by atoms with E-state index in [1.807, 2.05) is 0 Å². The molecule has 0 aliphatic heterocycles. The van der Waals surface area contributed by atoms with E-state index in [1.165, 1.54) is 12.1 Å². The molecule has 0 radical (unpaired) electrons. The van der Waals surface area contributed by atoms with Crippen LogP contribution in [0.2, 0.25) is 0 Å². The van der Waals surface area contributed by atoms with Gasteiger partial charge in [0, 0.05) is 12.0 Å². The molecule has 0 unspecified atom stereocenters. The zero-order chi connectivity index (χ0) is 18.0. The number of halogens is 1. The second-order valence-electron chi connectivity index (χ2n) is 7.25. The molecule has 2 rings (SSSR count). The third-order valence-corrected chi connectivity index (χ3v) is 6.61. The molecule has 1 aromatic carbocycles. The quantitative estimate of drug-likeness (QED) is 0.871. The number of amides is 1. The molecule has 1 aliphatic carbocycles. The first-order chi connectivity index (χ1) is 11.1. The zero-order valence-electron chi connectivity index (χ0n) is 14.3. The van der Waals surface area contributed by atoms with E-state index in [0.29, 0.717) is 25.7 Å². The molecule has 1 fully saturated rings. The predicted molar refractivity (Wildman–Crippen MR) is 92.6 cm³/mol. The summed E-state index contributed by atoms with van der Waals surface area (Å²) in [5.41, 5.74) is 0.179. The minimum absolute atomic E-state index is 0.147. The molecule has 1 aliphatic rings. The van der Waals surface area contributed by atoms with Crippen LogP contribution in [0.15, 0.2) is 24.3 Å². The average Bonchev–Trinajstić information content (AvgIpc) is 2.48. The fraction of sp³-hybridized carbons (Fsp3) is 0.588. The van der Waals surface area contributed by atoms with Crippen molar-refractivity contribution in [2.24, 2.45) is 5.92 Å². The van der Waals surface area contributed by atoms with Gasteiger partial charge in [-0.15, -0.1) is 0 Å². The molecule has 24 heavy (non-hydrogen) atoms. The highest BCUT2D eigenvalue weighted by Crippen LogP contribution is 2.27. The molecule has 134 valence electrons. The van der Waals surface area contributed by atoms with Crippen molar-refractivity contribution in [1.29, 1.82) is 0 Å². The first-order valence-corrected chi connectivity index (χ1v) is 9.66. The Kier molecular flexibility index (Phi) is 5.65. The summed E-state index contributed by atoms with van der Waals surface area (Å²) in [4.78, 5) is 12.3. The summed E-state index contributed by atoms with van der Waals surface area (Å²) in [6.45, 7) is 4.97. The summed E-state index contributed by atoms with van der Waals surface area (Å²) in [5.74, 6) is -0.894. The fourth-order valence-electron chi connectivity index (χ4n) is 2.67. The van der Waals surface area contributed by atoms with Gasteiger partial charge in [-0.2, -0.15) is 0 Å². The minimum Gasteiger partial charge on any atom is -0.323 e. The van der Waals surface area contributed by atoms with Crippen LogP contribution in [-0.4, -0.2) is 25.1 Å². The van der Waals surface area contributed by atoms with Gasteiger partial charge in [0.15, 0.2) is 0 Å². The van der Waals surface area contributed by atoms with Crippen molar-refractivity contribution in [2.75, 3.05) is 5.32 Å². The maximum absolute atomic E-state index is 13.6. The van der Waals surface area contributed by atoms with Crippen molar-refractivity contribution in [3.63, 3.8) is 0 Å². The van der Waals surface area contributed by atoms with Gasteiger partial charge in [0.2, 0.25) is 15.9 Å². The zero-order valence-corrected chi connectivity index (χ0v) is 15.1. The predicted octanol–water partition coefficient (Wildman–Crippen LogP) is 3.04. The van der Waals surface area contributed by atoms with Crippen molar-refractivity contribution >= 4 is 21.6 Å². The molecular formula is C17H25FN2O3S. The molecule has 0 bridgehead atoms. The molecule has 2 N–H and O–H groups in total. The Bertz CT molecular complexity index is 690. The van der Waals surface area contributed by atoms with Gasteiger partial charge in [0.1, 0.15) is 5.82 Å². The molecule has 5 nitrogen and oxygen atoms in total. The van der Waals surface area contributed by atoms with Gasteiger partial charge in [-0.25, -0.2) is 17.5 Å². The van der Waals surface area contributed by atoms with Gasteiger partial charge in [-0.3, -0.25) is 4.79 Å². The minimum atomic E-state index is -3.39. The van der Waals surface area contributed by atoms with Gasteiger partial charge < -0.3 is 5.32 Å². The molecule has 1 aromatic rings. The Balaban J connectivity index is 1.89. The number of benzene rings is 1. The molecule has 0 saturated heterocycles. The summed E-state index contributed by atoms with van der Waals surface area (Å²) in [5, 5.41) is 2.61. The van der Waals surface area contributed by atoms with Crippen LogP contribution in [0.25, 0.3) is 0 Å². The normalized spacial score (nSPS) is 22.2. The van der Waals surface area contributed by atoms with Gasteiger partial charge in [0.25, 0.3) is 0 Å². The lowest BCUT2D eigenvalue weighted by atomic mass is 9.86. The number of carbonyl (C=O) groups excluding carboxylic acids is 1. The van der Waals surface area contributed by atoms with Crippen LogP contribution >= 0.6 is 0 Å². The van der Waals surface area contributed by atoms with E-state index >= 15 is 0 Å². The van der Waals surface area contributed by atoms with Crippen LogP contribution in [0.5, 0.6) is 0 Å². The molecular weight excluding hydrogens is 331 g/mol. The molecule has 7 heteroatoms. The van der Waals surface area contributed by atoms with Gasteiger partial charge in [-0.05, 0) is 58.6 Å². The molecule has 1 amide bonds. The lowest BCUT2D eigenvalue weighted by Crippen LogP contribution is -2.46. The number of hydrogen-bond acceptors (Lipinski definition) is 3. The Morgan fingerprint density at radius 1 is 1.12 bits per heavy atom. The standard InChI is InChI=1S/C17H25FN2O3S/c1-17(2,3)24(22,23)20-13-10-8-12(9-11-13)16(21)19-15-7-5-4-6-14(15)18/h4-7,12-13,20H,8-11H2,1-3H3,(H,19,21). The molecule has 0 heterocycles. The largest absolute Gasteiger partial charge is 0.323 e. The van der Waals surface area contributed by atoms with Crippen molar-refractivity contribution in [3.05, 3.63) is 30.1 Å². The van der Waals surface area contributed by atoms with Crippen LogP contribution in [0.4, 0.5) is 10.1 Å². The first kappa shape index (κ1) is 18.9. The topological polar surface area (TPSA) is 75.3 Å². The van der Waals surface area contributed by atoms with Crippen molar-refractivity contribution in [1.82, 2.24) is 4.72 Å². The van der Waals surface area contributed by atoms with E-state index in [2.05, 4.69) is 10.0 Å². The van der Waals surface area contributed by atoms with Crippen molar-refractivity contribution in [2.45, 2.75) is 57.2 Å². The Hall–Kier alpha value is -1.47. The van der Waals surface area contributed by atoms with E-state index in [-0.39, 0.29) is 23.6 Å². The summed E-state index contributed by atoms with van der Waals surface area (Å²) >= 11 is 0. The number of sulfonamides is 1. The molecule has 0 aromatic heterocycles. The van der Waals surface area contributed by atoms with Crippen molar-refractivity contribution < 1.29 is 17.6 Å². The van der Waals surface area contributed by atoms with E-state index < -0.39 is 20.6 Å². The highest BCUT2D eigenvalue weighted by atomic mass is 32.2. The lowest BCUT2D eigenvalue weighted by Gasteiger charge is -2.30. The SMILES string of the molecule is CC(C)(C)S(=O)(=O)NC1CCC(C(=O)Nc2ccccc2F)CC1. The molecule has 1 saturated carbocycles. The first-order valence-electron chi connectivity index (χ1n) is 8.17. The van der Waals surface area contributed by atoms with E-state index in [0.717, 1.165) is 0 Å². The number of anilines is 1. The number of nitrogens with one attached hydrogen (secondary N) is 2. The Morgan fingerprint density at radius 2 is 1.71 bits per heavy atom. The number of hydrogen-bond donors (Lipinski definition) is 2. The van der Waals surface area contributed by atoms with E-state index in [9.17, 15) is 17.6 Å². The van der Waals surface area contributed by atoms with E-state index in [4.69, 9.17) is 0 Å². The lowest BCUT2D eigenvalue weighted by molar-refractivity contribution is -0.120. The number of para-hydroxylation sites is 1. The second kappa shape index (κ2) is 7.19. The smallest absolute Gasteiger partial charge is 0.227 e. The second-order valence-corrected chi connectivity index (χ2v) is 9.72. The van der Waals surface area contributed by atoms with Crippen LogP contribution < -0.4 is 10.0 Å². The summed E-state index contributed by atoms with van der Waals surface area (Å²) in [6.07, 6.45) is 2.37. The highest BCUT2D eigenvalue weighted by Gasteiger charge is 2.34. The molecule has 0 atom stereocenters. The average molecular weight is 356 g/mol. The summed E-state index contributed by atoms with van der Waals surface area (Å²) < 4.78 is 39.8. The van der Waals surface area contributed by atoms with Crippen LogP contribution in [-0.2, 0) is 14.8 Å². The Morgan fingerprint density at radius 3 is 2.25 bits per heavy atom. The summed E-state index contributed by atoms with van der Waals surface area (Å²) in [7, 11) is -3.39. The van der Waals surface area contributed by atoms with Gasteiger partial charge >= 0.3 is 0 Å². The fourth-order valence-corrected chi connectivity index (χ4v) is 3.70. The third kappa shape index (κ3) is 4.54. The highest BCUT2D eigenvalue weighted by molar-refractivity contribution is 7.90. The summed E-state index contributed by atoms with van der Waals surface area (Å²) in [6, 6.07) is 5.91. The van der Waals surface area contributed by atoms with Crippen LogP contribution in [0, 0.1) is 11.7 Å². The van der Waals surface area contributed by atoms with Crippen molar-refractivity contribution in [3.8, 4) is 0 Å². The maximum atomic E-state index is 13.6.